The number of carbonyl (C=O) groups is 1. The molecule has 1 aromatic carbocycles. The topological polar surface area (TPSA) is 76.4 Å². The number of carbonyl (C=O) groups excluding carboxylic acids is 1. The Morgan fingerprint density at radius 1 is 1.16 bits per heavy atom. The lowest BCUT2D eigenvalue weighted by molar-refractivity contribution is 0.251. The minimum Gasteiger partial charge on any atom is -0.494 e. The first kappa shape index (κ1) is 16.6. The Kier molecular flexibility index (Phi) is 5.31. The van der Waals surface area contributed by atoms with Gasteiger partial charge in [0.15, 0.2) is 5.76 Å². The summed E-state index contributed by atoms with van der Waals surface area (Å²) in [6, 6.07) is 14.3. The van der Waals surface area contributed by atoms with Crippen molar-refractivity contribution in [2.24, 2.45) is 0 Å². The molecule has 128 valence electrons. The van der Waals surface area contributed by atoms with E-state index < -0.39 is 0 Å². The molecule has 0 aliphatic rings. The number of anilines is 1. The third-order valence-corrected chi connectivity index (χ3v) is 3.51. The van der Waals surface area contributed by atoms with Crippen molar-refractivity contribution in [1.29, 1.82) is 0 Å². The second kappa shape index (κ2) is 8.01. The second-order valence-corrected chi connectivity index (χ2v) is 5.25. The van der Waals surface area contributed by atoms with Crippen LogP contribution in [0.3, 0.4) is 0 Å². The van der Waals surface area contributed by atoms with Crippen molar-refractivity contribution < 1.29 is 13.9 Å². The van der Waals surface area contributed by atoms with Crippen LogP contribution in [0.4, 0.5) is 10.5 Å². The van der Waals surface area contributed by atoms with Crippen molar-refractivity contribution in [2.75, 3.05) is 11.9 Å². The summed E-state index contributed by atoms with van der Waals surface area (Å²) in [5.74, 6) is 1.44. The van der Waals surface area contributed by atoms with E-state index in [-0.39, 0.29) is 6.03 Å². The summed E-state index contributed by atoms with van der Waals surface area (Å²) in [5, 5.41) is 5.61. The molecule has 0 atom stereocenters. The fourth-order valence-electron chi connectivity index (χ4n) is 2.37. The van der Waals surface area contributed by atoms with E-state index in [0.717, 1.165) is 11.3 Å². The van der Waals surface area contributed by atoms with E-state index in [0.29, 0.717) is 30.3 Å². The van der Waals surface area contributed by atoms with Gasteiger partial charge in [0, 0.05) is 24.0 Å². The molecule has 3 rings (SSSR count). The molecule has 0 radical (unpaired) electrons. The highest BCUT2D eigenvalue weighted by Crippen LogP contribution is 2.21. The summed E-state index contributed by atoms with van der Waals surface area (Å²) < 4.78 is 10.8. The van der Waals surface area contributed by atoms with Crippen LogP contribution in [0.1, 0.15) is 12.5 Å². The zero-order valence-electron chi connectivity index (χ0n) is 13.9. The number of aromatic nitrogens is 1. The molecule has 0 aliphatic carbocycles. The normalized spacial score (nSPS) is 10.3. The van der Waals surface area contributed by atoms with Crippen molar-refractivity contribution in [3.8, 4) is 17.2 Å². The SMILES string of the molecule is CCOc1ccc(NC(=O)NCc2cccnc2-c2ccco2)cc1. The predicted octanol–water partition coefficient (Wildman–Crippen LogP) is 4.06. The molecule has 2 N–H and O–H groups in total. The van der Waals surface area contributed by atoms with E-state index in [1.165, 1.54) is 0 Å². The van der Waals surface area contributed by atoms with Crippen molar-refractivity contribution in [2.45, 2.75) is 13.5 Å². The fourth-order valence-corrected chi connectivity index (χ4v) is 2.37. The molecule has 0 bridgehead atoms. The number of rotatable bonds is 6. The van der Waals surface area contributed by atoms with Gasteiger partial charge in [-0.05, 0) is 49.4 Å². The molecule has 2 heterocycles. The van der Waals surface area contributed by atoms with Gasteiger partial charge in [-0.25, -0.2) is 4.79 Å². The molecule has 0 fully saturated rings. The molecular weight excluding hydrogens is 318 g/mol. The smallest absolute Gasteiger partial charge is 0.319 e. The number of urea groups is 1. The number of pyridine rings is 1. The Morgan fingerprint density at radius 2 is 2.00 bits per heavy atom. The Labute approximate surface area is 145 Å². The number of benzene rings is 1. The first-order valence-electron chi connectivity index (χ1n) is 8.01. The van der Waals surface area contributed by atoms with Gasteiger partial charge in [-0.3, -0.25) is 4.98 Å². The molecule has 6 nitrogen and oxygen atoms in total. The highest BCUT2D eigenvalue weighted by Gasteiger charge is 2.10. The van der Waals surface area contributed by atoms with Crippen LogP contribution in [0.15, 0.2) is 65.4 Å². The summed E-state index contributed by atoms with van der Waals surface area (Å²) in [6.45, 7) is 2.87. The maximum atomic E-state index is 12.1. The monoisotopic (exact) mass is 337 g/mol. The van der Waals surface area contributed by atoms with Crippen molar-refractivity contribution >= 4 is 11.7 Å². The largest absolute Gasteiger partial charge is 0.494 e. The Hall–Kier alpha value is -3.28. The van der Waals surface area contributed by atoms with Gasteiger partial charge in [0.2, 0.25) is 0 Å². The molecule has 0 saturated carbocycles. The first-order chi connectivity index (χ1) is 12.3. The van der Waals surface area contributed by atoms with Crippen LogP contribution >= 0.6 is 0 Å². The minimum absolute atomic E-state index is 0.293. The van der Waals surface area contributed by atoms with Crippen molar-refractivity contribution in [3.05, 3.63) is 66.6 Å². The van der Waals surface area contributed by atoms with Crippen LogP contribution in [-0.2, 0) is 6.54 Å². The van der Waals surface area contributed by atoms with Gasteiger partial charge in [-0.2, -0.15) is 0 Å². The third-order valence-electron chi connectivity index (χ3n) is 3.51. The van der Waals surface area contributed by atoms with Crippen molar-refractivity contribution in [3.63, 3.8) is 0 Å². The maximum absolute atomic E-state index is 12.1. The molecule has 0 aliphatic heterocycles. The van der Waals surface area contributed by atoms with Gasteiger partial charge in [0.25, 0.3) is 0 Å². The standard InChI is InChI=1S/C19H19N3O3/c1-2-24-16-9-7-15(8-10-16)22-19(23)21-13-14-5-3-11-20-18(14)17-6-4-12-25-17/h3-12H,2,13H2,1H3,(H2,21,22,23). The van der Waals surface area contributed by atoms with E-state index in [1.807, 2.05) is 37.3 Å². The molecule has 0 spiro atoms. The molecule has 2 amide bonds. The van der Waals surface area contributed by atoms with Gasteiger partial charge in [-0.15, -0.1) is 0 Å². The van der Waals surface area contributed by atoms with Gasteiger partial charge < -0.3 is 19.8 Å². The van der Waals surface area contributed by atoms with Gasteiger partial charge in [-0.1, -0.05) is 6.07 Å². The van der Waals surface area contributed by atoms with Gasteiger partial charge in [0.05, 0.1) is 12.9 Å². The van der Waals surface area contributed by atoms with Crippen LogP contribution in [0.25, 0.3) is 11.5 Å². The molecule has 0 unspecified atom stereocenters. The maximum Gasteiger partial charge on any atom is 0.319 e. The zero-order chi connectivity index (χ0) is 17.5. The number of hydrogen-bond donors (Lipinski definition) is 2. The van der Waals surface area contributed by atoms with Crippen molar-refractivity contribution in [1.82, 2.24) is 10.3 Å². The lowest BCUT2D eigenvalue weighted by Crippen LogP contribution is -2.28. The Balaban J connectivity index is 1.59. The van der Waals surface area contributed by atoms with E-state index in [2.05, 4.69) is 15.6 Å². The highest BCUT2D eigenvalue weighted by atomic mass is 16.5. The van der Waals surface area contributed by atoms with E-state index in [4.69, 9.17) is 9.15 Å². The van der Waals surface area contributed by atoms with E-state index in [1.54, 1.807) is 30.7 Å². The average molecular weight is 337 g/mol. The van der Waals surface area contributed by atoms with E-state index >= 15 is 0 Å². The fraction of sp³-hybridized carbons (Fsp3) is 0.158. The van der Waals surface area contributed by atoms with Gasteiger partial charge >= 0.3 is 6.03 Å². The zero-order valence-corrected chi connectivity index (χ0v) is 13.9. The summed E-state index contributed by atoms with van der Waals surface area (Å²) >= 11 is 0. The molecule has 0 saturated heterocycles. The summed E-state index contributed by atoms with van der Waals surface area (Å²) in [4.78, 5) is 16.4. The number of nitrogens with zero attached hydrogens (tertiary/aromatic N) is 1. The van der Waals surface area contributed by atoms with Crippen LogP contribution < -0.4 is 15.4 Å². The number of ether oxygens (including phenoxy) is 1. The van der Waals surface area contributed by atoms with E-state index in [9.17, 15) is 4.79 Å². The molecule has 25 heavy (non-hydrogen) atoms. The van der Waals surface area contributed by atoms with Crippen LogP contribution in [0, 0.1) is 0 Å². The van der Waals surface area contributed by atoms with Crippen LogP contribution in [0.2, 0.25) is 0 Å². The quantitative estimate of drug-likeness (QED) is 0.711. The Morgan fingerprint density at radius 3 is 2.72 bits per heavy atom. The summed E-state index contributed by atoms with van der Waals surface area (Å²) in [6.07, 6.45) is 3.29. The molecule has 2 aromatic heterocycles. The molecule has 3 aromatic rings. The first-order valence-corrected chi connectivity index (χ1v) is 8.01. The average Bonchev–Trinajstić information content (AvgIpc) is 3.17. The Bertz CT molecular complexity index is 814. The summed E-state index contributed by atoms with van der Waals surface area (Å²) in [5.41, 5.74) is 2.28. The lowest BCUT2D eigenvalue weighted by atomic mass is 10.1. The highest BCUT2D eigenvalue weighted by molar-refractivity contribution is 5.89. The molecular formula is C19H19N3O3. The third kappa shape index (κ3) is 4.38. The number of hydrogen-bond acceptors (Lipinski definition) is 4. The number of furan rings is 1. The number of amides is 2. The lowest BCUT2D eigenvalue weighted by Gasteiger charge is -2.10. The summed E-state index contributed by atoms with van der Waals surface area (Å²) in [7, 11) is 0. The number of nitrogens with one attached hydrogen (secondary N) is 2. The minimum atomic E-state index is -0.293. The van der Waals surface area contributed by atoms with Crippen LogP contribution in [0.5, 0.6) is 5.75 Å². The molecule has 6 heteroatoms. The predicted molar refractivity (Wildman–Crippen MR) is 95.4 cm³/mol. The van der Waals surface area contributed by atoms with Crippen LogP contribution in [-0.4, -0.2) is 17.6 Å². The van der Waals surface area contributed by atoms with Gasteiger partial charge in [0.1, 0.15) is 11.4 Å². The second-order valence-electron chi connectivity index (χ2n) is 5.25.